The SMILES string of the molecule is CNCc1ccc(-c2ccc(Br)cc2)nc1C. The Morgan fingerprint density at radius 3 is 2.41 bits per heavy atom. The third-order valence-electron chi connectivity index (χ3n) is 2.70. The highest BCUT2D eigenvalue weighted by Crippen LogP contribution is 2.21. The van der Waals surface area contributed by atoms with Crippen LogP contribution in [0, 0.1) is 6.92 Å². The summed E-state index contributed by atoms with van der Waals surface area (Å²) in [7, 11) is 1.95. The third kappa shape index (κ3) is 2.93. The second-order valence-electron chi connectivity index (χ2n) is 3.98. The van der Waals surface area contributed by atoms with Crippen molar-refractivity contribution < 1.29 is 0 Å². The van der Waals surface area contributed by atoms with Crippen LogP contribution in [0.5, 0.6) is 0 Å². The van der Waals surface area contributed by atoms with Crippen molar-refractivity contribution in [1.82, 2.24) is 10.3 Å². The Kier molecular flexibility index (Phi) is 3.92. The van der Waals surface area contributed by atoms with Crippen molar-refractivity contribution >= 4 is 15.9 Å². The van der Waals surface area contributed by atoms with E-state index in [4.69, 9.17) is 0 Å². The number of aryl methyl sites for hydroxylation is 1. The van der Waals surface area contributed by atoms with Gasteiger partial charge in [-0.1, -0.05) is 34.1 Å². The fourth-order valence-corrected chi connectivity index (χ4v) is 2.01. The van der Waals surface area contributed by atoms with E-state index in [1.807, 2.05) is 19.2 Å². The van der Waals surface area contributed by atoms with Crippen molar-refractivity contribution in [2.45, 2.75) is 13.5 Å². The van der Waals surface area contributed by atoms with Crippen LogP contribution in [0.25, 0.3) is 11.3 Å². The van der Waals surface area contributed by atoms with Crippen LogP contribution in [0.2, 0.25) is 0 Å². The summed E-state index contributed by atoms with van der Waals surface area (Å²) in [5.74, 6) is 0. The van der Waals surface area contributed by atoms with E-state index < -0.39 is 0 Å². The summed E-state index contributed by atoms with van der Waals surface area (Å²) in [6.45, 7) is 2.91. The number of hydrogen-bond acceptors (Lipinski definition) is 2. The fourth-order valence-electron chi connectivity index (χ4n) is 1.75. The van der Waals surface area contributed by atoms with Crippen molar-refractivity contribution in [3.63, 3.8) is 0 Å². The van der Waals surface area contributed by atoms with Crippen molar-refractivity contribution in [3.05, 3.63) is 52.1 Å². The molecule has 2 rings (SSSR count). The highest BCUT2D eigenvalue weighted by Gasteiger charge is 2.03. The Hall–Kier alpha value is -1.19. The molecular weight excluding hydrogens is 276 g/mol. The Morgan fingerprint density at radius 1 is 1.12 bits per heavy atom. The van der Waals surface area contributed by atoms with Gasteiger partial charge in [-0.05, 0) is 37.7 Å². The predicted molar refractivity (Wildman–Crippen MR) is 74.9 cm³/mol. The molecule has 1 aromatic carbocycles. The predicted octanol–water partition coefficient (Wildman–Crippen LogP) is 3.54. The number of nitrogens with one attached hydrogen (secondary N) is 1. The number of nitrogens with zero attached hydrogens (tertiary/aromatic N) is 1. The van der Waals surface area contributed by atoms with Gasteiger partial charge in [-0.3, -0.25) is 4.98 Å². The van der Waals surface area contributed by atoms with Crippen molar-refractivity contribution in [2.75, 3.05) is 7.05 Å². The molecule has 0 saturated carbocycles. The van der Waals surface area contributed by atoms with Crippen molar-refractivity contribution in [2.24, 2.45) is 0 Å². The molecule has 0 saturated heterocycles. The minimum absolute atomic E-state index is 0.861. The molecule has 0 unspecified atom stereocenters. The van der Waals surface area contributed by atoms with E-state index in [1.54, 1.807) is 0 Å². The Labute approximate surface area is 110 Å². The van der Waals surface area contributed by atoms with Gasteiger partial charge < -0.3 is 5.32 Å². The highest BCUT2D eigenvalue weighted by molar-refractivity contribution is 9.10. The molecule has 0 radical (unpaired) electrons. The van der Waals surface area contributed by atoms with Crippen LogP contribution in [-0.4, -0.2) is 12.0 Å². The lowest BCUT2D eigenvalue weighted by molar-refractivity contribution is 0.805. The first kappa shape index (κ1) is 12.3. The summed E-state index contributed by atoms with van der Waals surface area (Å²) in [6, 6.07) is 12.4. The molecule has 0 fully saturated rings. The zero-order valence-corrected chi connectivity index (χ0v) is 11.6. The van der Waals surface area contributed by atoms with Gasteiger partial charge in [0.2, 0.25) is 0 Å². The molecule has 2 aromatic rings. The summed E-state index contributed by atoms with van der Waals surface area (Å²) in [6.07, 6.45) is 0. The van der Waals surface area contributed by atoms with Crippen LogP contribution in [0.15, 0.2) is 40.9 Å². The van der Waals surface area contributed by atoms with E-state index in [9.17, 15) is 0 Å². The van der Waals surface area contributed by atoms with E-state index >= 15 is 0 Å². The maximum absolute atomic E-state index is 4.64. The lowest BCUT2D eigenvalue weighted by atomic mass is 10.1. The van der Waals surface area contributed by atoms with Crippen molar-refractivity contribution in [3.8, 4) is 11.3 Å². The van der Waals surface area contributed by atoms with E-state index in [-0.39, 0.29) is 0 Å². The standard InChI is InChI=1S/C14H15BrN2/c1-10-12(9-16-2)5-8-14(17-10)11-3-6-13(15)7-4-11/h3-8,16H,9H2,1-2H3. The average molecular weight is 291 g/mol. The molecule has 0 atom stereocenters. The monoisotopic (exact) mass is 290 g/mol. The summed E-state index contributed by atoms with van der Waals surface area (Å²) in [5.41, 5.74) is 4.50. The lowest BCUT2D eigenvalue weighted by Gasteiger charge is -2.07. The fraction of sp³-hybridized carbons (Fsp3) is 0.214. The van der Waals surface area contributed by atoms with Gasteiger partial charge in [-0.25, -0.2) is 0 Å². The normalized spacial score (nSPS) is 10.5. The highest BCUT2D eigenvalue weighted by atomic mass is 79.9. The minimum atomic E-state index is 0.861. The topological polar surface area (TPSA) is 24.9 Å². The van der Waals surface area contributed by atoms with Gasteiger partial charge in [0.25, 0.3) is 0 Å². The van der Waals surface area contributed by atoms with E-state index in [0.717, 1.165) is 28.0 Å². The summed E-state index contributed by atoms with van der Waals surface area (Å²) in [5, 5.41) is 3.15. The molecule has 17 heavy (non-hydrogen) atoms. The first-order chi connectivity index (χ1) is 8.20. The average Bonchev–Trinajstić information content (AvgIpc) is 2.33. The van der Waals surface area contributed by atoms with Crippen molar-refractivity contribution in [1.29, 1.82) is 0 Å². The van der Waals surface area contributed by atoms with E-state index in [2.05, 4.69) is 57.4 Å². The molecule has 1 heterocycles. The molecule has 0 aliphatic heterocycles. The van der Waals surface area contributed by atoms with Gasteiger partial charge >= 0.3 is 0 Å². The van der Waals surface area contributed by atoms with E-state index in [1.165, 1.54) is 5.56 Å². The van der Waals surface area contributed by atoms with Gasteiger partial charge in [0.15, 0.2) is 0 Å². The van der Waals surface area contributed by atoms with Crippen LogP contribution in [-0.2, 0) is 6.54 Å². The first-order valence-corrected chi connectivity index (χ1v) is 6.37. The Morgan fingerprint density at radius 2 is 1.82 bits per heavy atom. The number of rotatable bonds is 3. The zero-order chi connectivity index (χ0) is 12.3. The molecule has 3 heteroatoms. The van der Waals surface area contributed by atoms with Crippen LogP contribution in [0.4, 0.5) is 0 Å². The van der Waals surface area contributed by atoms with Crippen LogP contribution in [0.1, 0.15) is 11.3 Å². The smallest absolute Gasteiger partial charge is 0.0705 e. The molecule has 0 aliphatic carbocycles. The first-order valence-electron chi connectivity index (χ1n) is 5.58. The van der Waals surface area contributed by atoms with Gasteiger partial charge in [-0.15, -0.1) is 0 Å². The number of aromatic nitrogens is 1. The largest absolute Gasteiger partial charge is 0.316 e. The lowest BCUT2D eigenvalue weighted by Crippen LogP contribution is -2.07. The Balaban J connectivity index is 2.34. The second kappa shape index (κ2) is 5.43. The molecule has 88 valence electrons. The molecule has 2 nitrogen and oxygen atoms in total. The van der Waals surface area contributed by atoms with Crippen LogP contribution in [0.3, 0.4) is 0 Å². The molecule has 1 N–H and O–H groups in total. The quantitative estimate of drug-likeness (QED) is 0.935. The third-order valence-corrected chi connectivity index (χ3v) is 3.23. The van der Waals surface area contributed by atoms with Gasteiger partial charge in [0, 0.05) is 22.3 Å². The number of hydrogen-bond donors (Lipinski definition) is 1. The van der Waals surface area contributed by atoms with Gasteiger partial charge in [0.05, 0.1) is 5.69 Å². The van der Waals surface area contributed by atoms with Gasteiger partial charge in [0.1, 0.15) is 0 Å². The number of pyridine rings is 1. The van der Waals surface area contributed by atoms with Gasteiger partial charge in [-0.2, -0.15) is 0 Å². The minimum Gasteiger partial charge on any atom is -0.316 e. The second-order valence-corrected chi connectivity index (χ2v) is 4.89. The number of halogens is 1. The maximum Gasteiger partial charge on any atom is 0.0705 e. The van der Waals surface area contributed by atoms with Crippen LogP contribution < -0.4 is 5.32 Å². The molecule has 0 aliphatic rings. The van der Waals surface area contributed by atoms with Crippen LogP contribution >= 0.6 is 15.9 Å². The molecule has 0 spiro atoms. The Bertz CT molecular complexity index is 506. The zero-order valence-electron chi connectivity index (χ0n) is 10.00. The summed E-state index contributed by atoms with van der Waals surface area (Å²) >= 11 is 3.44. The molecular formula is C14H15BrN2. The molecule has 0 amide bonds. The summed E-state index contributed by atoms with van der Waals surface area (Å²) in [4.78, 5) is 4.64. The van der Waals surface area contributed by atoms with E-state index in [0.29, 0.717) is 0 Å². The summed E-state index contributed by atoms with van der Waals surface area (Å²) < 4.78 is 1.09. The molecule has 0 bridgehead atoms. The maximum atomic E-state index is 4.64. The molecule has 1 aromatic heterocycles. The number of benzene rings is 1.